The van der Waals surface area contributed by atoms with Gasteiger partial charge in [-0.3, -0.25) is 0 Å². The van der Waals surface area contributed by atoms with Crippen molar-refractivity contribution in [3.8, 4) is 11.3 Å². The van der Waals surface area contributed by atoms with E-state index >= 15 is 0 Å². The molecule has 0 fully saturated rings. The predicted octanol–water partition coefficient (Wildman–Crippen LogP) is 5.75. The lowest BCUT2D eigenvalue weighted by molar-refractivity contribution is 0.0475. The standard InChI is InChI=1S/C27H25NO4S/c1-18(2)33(30,31)22-14-10-20(11-15-22)17-32-27(29)24-16-26(21-12-8-19(3)9-13-21)28-25-7-5-4-6-23(24)25/h4-16,18H,17H2,1-3H3. The van der Waals surface area contributed by atoms with Crippen LogP contribution in [0.1, 0.15) is 35.3 Å². The lowest BCUT2D eigenvalue weighted by Gasteiger charge is -2.11. The summed E-state index contributed by atoms with van der Waals surface area (Å²) in [5.41, 5.74) is 4.63. The summed E-state index contributed by atoms with van der Waals surface area (Å²) in [7, 11) is -3.34. The highest BCUT2D eigenvalue weighted by atomic mass is 32.2. The van der Waals surface area contributed by atoms with Gasteiger partial charge in [0.2, 0.25) is 0 Å². The molecule has 4 rings (SSSR count). The van der Waals surface area contributed by atoms with Crippen LogP contribution in [-0.4, -0.2) is 24.6 Å². The number of carbonyl (C=O) groups excluding carboxylic acids is 1. The minimum absolute atomic E-state index is 0.0390. The van der Waals surface area contributed by atoms with Crippen molar-refractivity contribution in [1.29, 1.82) is 0 Å². The number of nitrogens with zero attached hydrogens (tertiary/aromatic N) is 1. The molecule has 0 amide bonds. The Morgan fingerprint density at radius 2 is 1.61 bits per heavy atom. The molecule has 6 heteroatoms. The van der Waals surface area contributed by atoms with Crippen molar-refractivity contribution in [2.24, 2.45) is 0 Å². The molecule has 0 aliphatic rings. The fourth-order valence-corrected chi connectivity index (χ4v) is 4.55. The second kappa shape index (κ2) is 9.16. The maximum atomic E-state index is 13.0. The minimum Gasteiger partial charge on any atom is -0.457 e. The van der Waals surface area contributed by atoms with Gasteiger partial charge in [-0.05, 0) is 50.6 Å². The first-order valence-corrected chi connectivity index (χ1v) is 12.3. The van der Waals surface area contributed by atoms with Crippen molar-refractivity contribution in [1.82, 2.24) is 4.98 Å². The number of ether oxygens (including phenoxy) is 1. The molecule has 0 aliphatic carbocycles. The van der Waals surface area contributed by atoms with Gasteiger partial charge in [-0.25, -0.2) is 18.2 Å². The number of hydrogen-bond donors (Lipinski definition) is 0. The molecule has 0 saturated carbocycles. The van der Waals surface area contributed by atoms with Crippen molar-refractivity contribution < 1.29 is 17.9 Å². The van der Waals surface area contributed by atoms with E-state index in [0.717, 1.165) is 16.5 Å². The molecule has 0 atom stereocenters. The van der Waals surface area contributed by atoms with Crippen LogP contribution in [0.15, 0.2) is 83.8 Å². The van der Waals surface area contributed by atoms with Crippen molar-refractivity contribution >= 4 is 26.7 Å². The molecule has 1 aromatic heterocycles. The van der Waals surface area contributed by atoms with Gasteiger partial charge >= 0.3 is 5.97 Å². The summed E-state index contributed by atoms with van der Waals surface area (Å²) >= 11 is 0. The Balaban J connectivity index is 1.60. The second-order valence-corrected chi connectivity index (χ2v) is 10.8. The summed E-state index contributed by atoms with van der Waals surface area (Å²) in [5.74, 6) is -0.458. The van der Waals surface area contributed by atoms with E-state index in [0.29, 0.717) is 22.3 Å². The SMILES string of the molecule is Cc1ccc(-c2cc(C(=O)OCc3ccc(S(=O)(=O)C(C)C)cc3)c3ccccc3n2)cc1. The lowest BCUT2D eigenvalue weighted by Crippen LogP contribution is -2.14. The van der Waals surface area contributed by atoms with Crippen LogP contribution < -0.4 is 0 Å². The number of hydrogen-bond acceptors (Lipinski definition) is 5. The number of benzene rings is 3. The number of esters is 1. The molecule has 0 radical (unpaired) electrons. The predicted molar refractivity (Wildman–Crippen MR) is 130 cm³/mol. The quantitative estimate of drug-likeness (QED) is 0.343. The molecule has 4 aromatic rings. The highest BCUT2D eigenvalue weighted by molar-refractivity contribution is 7.92. The highest BCUT2D eigenvalue weighted by Gasteiger charge is 2.19. The van der Waals surface area contributed by atoms with Gasteiger partial charge in [-0.15, -0.1) is 0 Å². The number of aryl methyl sites for hydroxylation is 1. The Bertz CT molecular complexity index is 1410. The topological polar surface area (TPSA) is 73.3 Å². The van der Waals surface area contributed by atoms with E-state index in [1.54, 1.807) is 44.2 Å². The zero-order chi connectivity index (χ0) is 23.6. The summed E-state index contributed by atoms with van der Waals surface area (Å²) < 4.78 is 30.2. The number of pyridine rings is 1. The molecule has 5 nitrogen and oxygen atoms in total. The molecule has 0 unspecified atom stereocenters. The molecule has 0 spiro atoms. The summed E-state index contributed by atoms with van der Waals surface area (Å²) in [5, 5.41) is 0.223. The van der Waals surface area contributed by atoms with Crippen molar-refractivity contribution in [3.05, 3.63) is 95.6 Å². The average Bonchev–Trinajstić information content (AvgIpc) is 2.82. The number of rotatable bonds is 6. The molecule has 168 valence electrons. The Morgan fingerprint density at radius 1 is 0.939 bits per heavy atom. The molecule has 1 heterocycles. The largest absolute Gasteiger partial charge is 0.457 e. The third kappa shape index (κ3) is 4.81. The van der Waals surface area contributed by atoms with Crippen LogP contribution in [0.2, 0.25) is 0 Å². The summed E-state index contributed by atoms with van der Waals surface area (Å²) in [6.07, 6.45) is 0. The fourth-order valence-electron chi connectivity index (χ4n) is 3.49. The van der Waals surface area contributed by atoms with E-state index in [-0.39, 0.29) is 11.5 Å². The first-order chi connectivity index (χ1) is 15.8. The maximum absolute atomic E-state index is 13.0. The Hall–Kier alpha value is -3.51. The van der Waals surface area contributed by atoms with Gasteiger partial charge in [0.15, 0.2) is 9.84 Å². The Morgan fingerprint density at radius 3 is 2.27 bits per heavy atom. The highest BCUT2D eigenvalue weighted by Crippen LogP contribution is 2.26. The summed E-state index contributed by atoms with van der Waals surface area (Å²) in [4.78, 5) is 18.0. The zero-order valence-electron chi connectivity index (χ0n) is 18.8. The van der Waals surface area contributed by atoms with E-state index in [2.05, 4.69) is 0 Å². The summed E-state index contributed by atoms with van der Waals surface area (Å²) in [6, 6.07) is 23.6. The van der Waals surface area contributed by atoms with Crippen molar-refractivity contribution in [3.63, 3.8) is 0 Å². The molecule has 0 saturated heterocycles. The van der Waals surface area contributed by atoms with E-state index in [4.69, 9.17) is 9.72 Å². The first kappa shape index (κ1) is 22.7. The first-order valence-electron chi connectivity index (χ1n) is 10.7. The van der Waals surface area contributed by atoms with Crippen LogP contribution in [-0.2, 0) is 21.2 Å². The Kier molecular flexibility index (Phi) is 6.29. The van der Waals surface area contributed by atoms with Crippen molar-refractivity contribution in [2.45, 2.75) is 37.5 Å². The molecule has 0 aliphatic heterocycles. The smallest absolute Gasteiger partial charge is 0.339 e. The van der Waals surface area contributed by atoms with Crippen LogP contribution in [0.4, 0.5) is 0 Å². The minimum atomic E-state index is -3.34. The van der Waals surface area contributed by atoms with E-state index in [1.165, 1.54) is 0 Å². The van der Waals surface area contributed by atoms with E-state index in [9.17, 15) is 13.2 Å². The van der Waals surface area contributed by atoms with Crippen LogP contribution in [0.25, 0.3) is 22.2 Å². The monoisotopic (exact) mass is 459 g/mol. The van der Waals surface area contributed by atoms with Gasteiger partial charge in [0.05, 0.1) is 26.9 Å². The lowest BCUT2D eigenvalue weighted by atomic mass is 10.0. The molecule has 33 heavy (non-hydrogen) atoms. The van der Waals surface area contributed by atoms with E-state index in [1.807, 2.05) is 55.5 Å². The van der Waals surface area contributed by atoms with Crippen LogP contribution in [0, 0.1) is 6.92 Å². The van der Waals surface area contributed by atoms with Gasteiger partial charge < -0.3 is 4.74 Å². The van der Waals surface area contributed by atoms with Gasteiger partial charge in [-0.1, -0.05) is 60.2 Å². The zero-order valence-corrected chi connectivity index (χ0v) is 19.6. The number of aromatic nitrogens is 1. The van der Waals surface area contributed by atoms with Crippen LogP contribution in [0.3, 0.4) is 0 Å². The molecular formula is C27H25NO4S. The van der Waals surface area contributed by atoms with Crippen LogP contribution >= 0.6 is 0 Å². The number of fused-ring (bicyclic) bond motifs is 1. The Labute approximate surface area is 194 Å². The normalized spacial score (nSPS) is 11.6. The number of sulfone groups is 1. The van der Waals surface area contributed by atoms with Crippen LogP contribution in [0.5, 0.6) is 0 Å². The van der Waals surface area contributed by atoms with Crippen molar-refractivity contribution in [2.75, 3.05) is 0 Å². The third-order valence-corrected chi connectivity index (χ3v) is 7.70. The van der Waals surface area contributed by atoms with Gasteiger partial charge in [0.25, 0.3) is 0 Å². The molecule has 0 bridgehead atoms. The molecule has 3 aromatic carbocycles. The average molecular weight is 460 g/mol. The van der Waals surface area contributed by atoms with Gasteiger partial charge in [0.1, 0.15) is 6.61 Å². The molecule has 0 N–H and O–H groups in total. The summed E-state index contributed by atoms with van der Waals surface area (Å²) in [6.45, 7) is 5.35. The van der Waals surface area contributed by atoms with E-state index < -0.39 is 21.1 Å². The maximum Gasteiger partial charge on any atom is 0.339 e. The third-order valence-electron chi connectivity index (χ3n) is 5.53. The fraction of sp³-hybridized carbons (Fsp3) is 0.185. The number of para-hydroxylation sites is 1. The van der Waals surface area contributed by atoms with Gasteiger partial charge in [-0.2, -0.15) is 0 Å². The second-order valence-electron chi connectivity index (χ2n) is 8.25. The molecular weight excluding hydrogens is 434 g/mol. The van der Waals surface area contributed by atoms with Gasteiger partial charge in [0, 0.05) is 10.9 Å². The number of carbonyl (C=O) groups is 1.